The number of rotatable bonds is 5. The molecule has 2 nitrogen and oxygen atoms in total. The minimum atomic E-state index is -4.26. The molecule has 0 radical (unpaired) electrons. The molecule has 1 saturated heterocycles. The van der Waals surface area contributed by atoms with Gasteiger partial charge in [0, 0.05) is 12.6 Å². The third-order valence-corrected chi connectivity index (χ3v) is 4.70. The van der Waals surface area contributed by atoms with Gasteiger partial charge in [0.2, 0.25) is 0 Å². The van der Waals surface area contributed by atoms with Gasteiger partial charge in [0.05, 0.1) is 5.56 Å². The Balaban J connectivity index is 1.52. The highest BCUT2D eigenvalue weighted by Gasteiger charge is 2.33. The molecule has 0 amide bonds. The van der Waals surface area contributed by atoms with Crippen molar-refractivity contribution in [1.29, 1.82) is 0 Å². The number of nitrogens with zero attached hydrogens (tertiary/aromatic N) is 1. The van der Waals surface area contributed by atoms with Gasteiger partial charge in [-0.1, -0.05) is 18.2 Å². The predicted octanol–water partition coefficient (Wildman–Crippen LogP) is 3.67. The molecule has 0 spiro atoms. The normalized spacial score (nSPS) is 21.2. The van der Waals surface area contributed by atoms with Crippen LogP contribution in [-0.2, 0) is 12.7 Å². The molecule has 22 heavy (non-hydrogen) atoms. The maximum absolute atomic E-state index is 13.0. The molecule has 122 valence electrons. The van der Waals surface area contributed by atoms with Crippen molar-refractivity contribution in [2.45, 2.75) is 44.4 Å². The van der Waals surface area contributed by atoms with Gasteiger partial charge < -0.3 is 5.32 Å². The number of benzene rings is 1. The SMILES string of the molecule is FC(F)(F)c1ccccc1CN1CCC(CNC2CC2)CC1. The summed E-state index contributed by atoms with van der Waals surface area (Å²) in [6.45, 7) is 3.25. The van der Waals surface area contributed by atoms with Gasteiger partial charge in [-0.25, -0.2) is 0 Å². The molecule has 1 saturated carbocycles. The second-order valence-corrected chi connectivity index (χ2v) is 6.56. The van der Waals surface area contributed by atoms with E-state index >= 15 is 0 Å². The predicted molar refractivity (Wildman–Crippen MR) is 80.5 cm³/mol. The number of nitrogens with one attached hydrogen (secondary N) is 1. The number of likely N-dealkylation sites (tertiary alicyclic amines) is 1. The van der Waals surface area contributed by atoms with Gasteiger partial charge in [0.15, 0.2) is 0 Å². The fourth-order valence-corrected chi connectivity index (χ4v) is 3.15. The van der Waals surface area contributed by atoms with Crippen LogP contribution in [0.4, 0.5) is 13.2 Å². The molecule has 1 N–H and O–H groups in total. The molecule has 0 bridgehead atoms. The van der Waals surface area contributed by atoms with E-state index in [0.29, 0.717) is 18.0 Å². The van der Waals surface area contributed by atoms with Crippen LogP contribution in [-0.4, -0.2) is 30.6 Å². The van der Waals surface area contributed by atoms with Gasteiger partial charge in [0.1, 0.15) is 0 Å². The lowest BCUT2D eigenvalue weighted by Gasteiger charge is -2.32. The second-order valence-electron chi connectivity index (χ2n) is 6.56. The van der Waals surface area contributed by atoms with Crippen LogP contribution < -0.4 is 5.32 Å². The highest BCUT2D eigenvalue weighted by Crippen LogP contribution is 2.33. The van der Waals surface area contributed by atoms with Crippen molar-refractivity contribution in [1.82, 2.24) is 10.2 Å². The maximum atomic E-state index is 13.0. The fraction of sp³-hybridized carbons (Fsp3) is 0.647. The smallest absolute Gasteiger partial charge is 0.314 e. The lowest BCUT2D eigenvalue weighted by atomic mass is 9.96. The molecular weight excluding hydrogens is 289 g/mol. The van der Waals surface area contributed by atoms with Gasteiger partial charge in [0.25, 0.3) is 0 Å². The average molecular weight is 312 g/mol. The monoisotopic (exact) mass is 312 g/mol. The van der Waals surface area contributed by atoms with Gasteiger partial charge in [-0.15, -0.1) is 0 Å². The quantitative estimate of drug-likeness (QED) is 0.892. The topological polar surface area (TPSA) is 15.3 Å². The zero-order valence-electron chi connectivity index (χ0n) is 12.7. The lowest BCUT2D eigenvalue weighted by Crippen LogP contribution is -2.37. The standard InChI is InChI=1S/C17H23F3N2/c18-17(19,20)16-4-2-1-3-14(16)12-22-9-7-13(8-10-22)11-21-15-5-6-15/h1-4,13,15,21H,5-12H2. The molecule has 2 aliphatic rings. The molecular formula is C17H23F3N2. The van der Waals surface area contributed by atoms with Crippen molar-refractivity contribution in [2.24, 2.45) is 5.92 Å². The van der Waals surface area contributed by atoms with Crippen molar-refractivity contribution >= 4 is 0 Å². The summed E-state index contributed by atoms with van der Waals surface area (Å²) < 4.78 is 39.1. The highest BCUT2D eigenvalue weighted by molar-refractivity contribution is 5.29. The van der Waals surface area contributed by atoms with Crippen molar-refractivity contribution < 1.29 is 13.2 Å². The molecule has 0 aromatic heterocycles. The summed E-state index contributed by atoms with van der Waals surface area (Å²) in [6, 6.07) is 6.67. The van der Waals surface area contributed by atoms with Crippen LogP contribution in [0.25, 0.3) is 0 Å². The molecule has 1 aliphatic heterocycles. The van der Waals surface area contributed by atoms with Gasteiger partial charge in [-0.2, -0.15) is 13.2 Å². The summed E-state index contributed by atoms with van der Waals surface area (Å²) in [6.07, 6.45) is 0.491. The molecule has 0 unspecified atom stereocenters. The maximum Gasteiger partial charge on any atom is 0.416 e. The number of hydrogen-bond donors (Lipinski definition) is 1. The van der Waals surface area contributed by atoms with E-state index in [9.17, 15) is 13.2 Å². The highest BCUT2D eigenvalue weighted by atomic mass is 19.4. The zero-order valence-corrected chi connectivity index (χ0v) is 12.7. The van der Waals surface area contributed by atoms with E-state index in [1.807, 2.05) is 0 Å². The Kier molecular flexibility index (Phi) is 4.73. The van der Waals surface area contributed by atoms with E-state index in [1.165, 1.54) is 25.0 Å². The first kappa shape index (κ1) is 15.8. The summed E-state index contributed by atoms with van der Waals surface area (Å²) >= 11 is 0. The Morgan fingerprint density at radius 1 is 1.05 bits per heavy atom. The number of alkyl halides is 3. The minimum absolute atomic E-state index is 0.393. The van der Waals surface area contributed by atoms with Gasteiger partial charge in [-0.3, -0.25) is 4.90 Å². The van der Waals surface area contributed by atoms with Gasteiger partial charge in [-0.05, 0) is 62.9 Å². The lowest BCUT2D eigenvalue weighted by molar-refractivity contribution is -0.138. The summed E-state index contributed by atoms with van der Waals surface area (Å²) in [5, 5.41) is 3.55. The van der Waals surface area contributed by atoms with E-state index in [1.54, 1.807) is 12.1 Å². The zero-order chi connectivity index (χ0) is 15.6. The van der Waals surface area contributed by atoms with Crippen LogP contribution in [0.3, 0.4) is 0 Å². The largest absolute Gasteiger partial charge is 0.416 e. The Morgan fingerprint density at radius 2 is 1.73 bits per heavy atom. The Morgan fingerprint density at radius 3 is 2.36 bits per heavy atom. The minimum Gasteiger partial charge on any atom is -0.314 e. The van der Waals surface area contributed by atoms with Crippen LogP contribution in [0.1, 0.15) is 36.8 Å². The Hall–Kier alpha value is -1.07. The van der Waals surface area contributed by atoms with Crippen molar-refractivity contribution in [2.75, 3.05) is 19.6 Å². The first-order chi connectivity index (χ1) is 10.5. The van der Waals surface area contributed by atoms with E-state index in [2.05, 4.69) is 10.2 Å². The van der Waals surface area contributed by atoms with Crippen LogP contribution in [0, 0.1) is 5.92 Å². The summed E-state index contributed by atoms with van der Waals surface area (Å²) in [5.41, 5.74) is -0.0999. The Labute approximate surface area is 129 Å². The van der Waals surface area contributed by atoms with E-state index in [0.717, 1.165) is 38.5 Å². The second kappa shape index (κ2) is 6.59. The van der Waals surface area contributed by atoms with Crippen LogP contribution in [0.15, 0.2) is 24.3 Å². The van der Waals surface area contributed by atoms with E-state index in [4.69, 9.17) is 0 Å². The van der Waals surface area contributed by atoms with Crippen molar-refractivity contribution in [3.05, 3.63) is 35.4 Å². The van der Waals surface area contributed by atoms with Crippen LogP contribution >= 0.6 is 0 Å². The van der Waals surface area contributed by atoms with Crippen LogP contribution in [0.5, 0.6) is 0 Å². The molecule has 2 fully saturated rings. The molecule has 1 aromatic carbocycles. The summed E-state index contributed by atoms with van der Waals surface area (Å²) in [4.78, 5) is 2.15. The van der Waals surface area contributed by atoms with Gasteiger partial charge >= 0.3 is 6.18 Å². The van der Waals surface area contributed by atoms with E-state index < -0.39 is 11.7 Å². The fourth-order valence-electron chi connectivity index (χ4n) is 3.15. The van der Waals surface area contributed by atoms with Crippen molar-refractivity contribution in [3.8, 4) is 0 Å². The number of halogens is 3. The molecule has 1 aliphatic carbocycles. The summed E-state index contributed by atoms with van der Waals surface area (Å²) in [5.74, 6) is 0.676. The van der Waals surface area contributed by atoms with E-state index in [-0.39, 0.29) is 0 Å². The molecule has 0 atom stereocenters. The van der Waals surface area contributed by atoms with Crippen LogP contribution in [0.2, 0.25) is 0 Å². The average Bonchev–Trinajstić information content (AvgIpc) is 3.30. The first-order valence-corrected chi connectivity index (χ1v) is 8.13. The molecule has 3 rings (SSSR count). The molecule has 5 heteroatoms. The third kappa shape index (κ3) is 4.23. The third-order valence-electron chi connectivity index (χ3n) is 4.70. The Bertz CT molecular complexity index is 489. The number of piperidine rings is 1. The molecule has 1 heterocycles. The first-order valence-electron chi connectivity index (χ1n) is 8.13. The summed E-state index contributed by atoms with van der Waals surface area (Å²) in [7, 11) is 0. The number of hydrogen-bond acceptors (Lipinski definition) is 2. The van der Waals surface area contributed by atoms with Crippen molar-refractivity contribution in [3.63, 3.8) is 0 Å². The molecule has 1 aromatic rings.